The fourth-order valence-electron chi connectivity index (χ4n) is 1.70. The van der Waals surface area contributed by atoms with Gasteiger partial charge in [0.25, 0.3) is 0 Å². The molecule has 0 aromatic rings. The van der Waals surface area contributed by atoms with Crippen LogP contribution in [0.5, 0.6) is 0 Å². The van der Waals surface area contributed by atoms with Gasteiger partial charge in [-0.1, -0.05) is 13.8 Å². The monoisotopic (exact) mass is 196 g/mol. The normalized spacial score (nSPS) is 32.5. The Morgan fingerprint density at radius 3 is 2.71 bits per heavy atom. The number of ketones is 1. The van der Waals surface area contributed by atoms with E-state index in [1.807, 2.05) is 13.8 Å². The second-order valence-electron chi connectivity index (χ2n) is 3.95. The van der Waals surface area contributed by atoms with Crippen molar-refractivity contribution in [2.45, 2.75) is 33.3 Å². The molecule has 14 heavy (non-hydrogen) atoms. The van der Waals surface area contributed by atoms with Gasteiger partial charge in [-0.2, -0.15) is 0 Å². The van der Waals surface area contributed by atoms with Gasteiger partial charge in [0.05, 0.1) is 0 Å². The highest BCUT2D eigenvalue weighted by molar-refractivity contribution is 5.91. The van der Waals surface area contributed by atoms with Gasteiger partial charge in [-0.15, -0.1) is 0 Å². The van der Waals surface area contributed by atoms with Crippen LogP contribution in [0.2, 0.25) is 0 Å². The van der Waals surface area contributed by atoms with Gasteiger partial charge in [0, 0.05) is 12.8 Å². The highest BCUT2D eigenvalue weighted by atomic mass is 16.5. The molecule has 3 atom stereocenters. The standard InChI is InChI=1S/C11H16O3/c1-7-6-8(2)11(14-9(3)12)5-4-10(7)13/h4-5,7-8,11H,6H2,1-3H3/t7-,8+,11-/m0/s1. The summed E-state index contributed by atoms with van der Waals surface area (Å²) in [5.41, 5.74) is 0. The van der Waals surface area contributed by atoms with E-state index in [4.69, 9.17) is 4.74 Å². The van der Waals surface area contributed by atoms with Gasteiger partial charge in [0.1, 0.15) is 6.10 Å². The van der Waals surface area contributed by atoms with Gasteiger partial charge in [-0.25, -0.2) is 0 Å². The average Bonchev–Trinajstić information content (AvgIpc) is 2.18. The molecule has 0 saturated heterocycles. The first-order chi connectivity index (χ1) is 6.50. The van der Waals surface area contributed by atoms with Crippen LogP contribution in [0.3, 0.4) is 0 Å². The van der Waals surface area contributed by atoms with Crippen LogP contribution in [-0.2, 0) is 14.3 Å². The third-order valence-corrected chi connectivity index (χ3v) is 2.52. The molecule has 1 aliphatic carbocycles. The largest absolute Gasteiger partial charge is 0.458 e. The highest BCUT2D eigenvalue weighted by Crippen LogP contribution is 2.23. The molecule has 0 unspecified atom stereocenters. The number of hydrogen-bond acceptors (Lipinski definition) is 3. The van der Waals surface area contributed by atoms with E-state index in [2.05, 4.69) is 0 Å². The van der Waals surface area contributed by atoms with E-state index in [-0.39, 0.29) is 29.7 Å². The molecule has 0 aromatic carbocycles. The lowest BCUT2D eigenvalue weighted by Crippen LogP contribution is -2.22. The number of ether oxygens (including phenoxy) is 1. The van der Waals surface area contributed by atoms with Gasteiger partial charge < -0.3 is 4.74 Å². The molecule has 1 rings (SSSR count). The molecule has 0 fully saturated rings. The molecule has 0 aromatic heterocycles. The number of hydrogen-bond donors (Lipinski definition) is 0. The van der Waals surface area contributed by atoms with Crippen molar-refractivity contribution in [1.82, 2.24) is 0 Å². The second-order valence-corrected chi connectivity index (χ2v) is 3.95. The van der Waals surface area contributed by atoms with Gasteiger partial charge in [0.2, 0.25) is 0 Å². The van der Waals surface area contributed by atoms with Crippen molar-refractivity contribution in [3.63, 3.8) is 0 Å². The Labute approximate surface area is 84.1 Å². The van der Waals surface area contributed by atoms with Crippen LogP contribution >= 0.6 is 0 Å². The molecule has 0 heterocycles. The maximum absolute atomic E-state index is 11.4. The lowest BCUT2D eigenvalue weighted by Gasteiger charge is -2.19. The lowest BCUT2D eigenvalue weighted by atomic mass is 9.93. The fraction of sp³-hybridized carbons (Fsp3) is 0.636. The Kier molecular flexibility index (Phi) is 3.44. The Morgan fingerprint density at radius 2 is 2.14 bits per heavy atom. The number of allylic oxidation sites excluding steroid dienone is 1. The van der Waals surface area contributed by atoms with E-state index >= 15 is 0 Å². The molecule has 0 aliphatic heterocycles. The average molecular weight is 196 g/mol. The van der Waals surface area contributed by atoms with Crippen molar-refractivity contribution in [2.75, 3.05) is 0 Å². The van der Waals surface area contributed by atoms with Crippen LogP contribution in [0.25, 0.3) is 0 Å². The topological polar surface area (TPSA) is 43.4 Å². The minimum atomic E-state index is -0.298. The second kappa shape index (κ2) is 4.40. The van der Waals surface area contributed by atoms with Crippen molar-refractivity contribution >= 4 is 11.8 Å². The van der Waals surface area contributed by atoms with Crippen molar-refractivity contribution in [1.29, 1.82) is 0 Å². The predicted molar refractivity (Wildman–Crippen MR) is 52.6 cm³/mol. The van der Waals surface area contributed by atoms with Crippen LogP contribution in [-0.4, -0.2) is 17.9 Å². The predicted octanol–water partition coefficient (Wildman–Crippen LogP) is 1.72. The summed E-state index contributed by atoms with van der Waals surface area (Å²) in [5.74, 6) is 0.0541. The van der Waals surface area contributed by atoms with Gasteiger partial charge in [-0.3, -0.25) is 9.59 Å². The molecule has 0 N–H and O–H groups in total. The Hall–Kier alpha value is -1.12. The van der Waals surface area contributed by atoms with Crippen molar-refractivity contribution in [2.24, 2.45) is 11.8 Å². The van der Waals surface area contributed by atoms with Crippen molar-refractivity contribution < 1.29 is 14.3 Å². The van der Waals surface area contributed by atoms with Crippen molar-refractivity contribution in [3.8, 4) is 0 Å². The molecule has 0 saturated carbocycles. The van der Waals surface area contributed by atoms with E-state index < -0.39 is 0 Å². The van der Waals surface area contributed by atoms with Gasteiger partial charge in [0.15, 0.2) is 5.78 Å². The van der Waals surface area contributed by atoms with E-state index in [0.29, 0.717) is 0 Å². The molecule has 0 bridgehead atoms. The summed E-state index contributed by atoms with van der Waals surface area (Å²) in [5, 5.41) is 0. The summed E-state index contributed by atoms with van der Waals surface area (Å²) in [6.07, 6.45) is 3.74. The molecule has 0 amide bonds. The van der Waals surface area contributed by atoms with Crippen LogP contribution in [0.1, 0.15) is 27.2 Å². The van der Waals surface area contributed by atoms with E-state index in [1.54, 1.807) is 6.08 Å². The molecule has 3 heteroatoms. The molecular weight excluding hydrogens is 180 g/mol. The van der Waals surface area contributed by atoms with E-state index in [0.717, 1.165) is 6.42 Å². The van der Waals surface area contributed by atoms with Crippen LogP contribution < -0.4 is 0 Å². The molecule has 0 radical (unpaired) electrons. The van der Waals surface area contributed by atoms with E-state index in [1.165, 1.54) is 13.0 Å². The minimum Gasteiger partial charge on any atom is -0.458 e. The SMILES string of the molecule is CC(=O)O[C@H]1C=CC(=O)[C@@H](C)C[C@H]1C. The molecular formula is C11H16O3. The first-order valence-corrected chi connectivity index (χ1v) is 4.90. The third-order valence-electron chi connectivity index (χ3n) is 2.52. The molecule has 78 valence electrons. The lowest BCUT2D eigenvalue weighted by molar-refractivity contribution is -0.146. The summed E-state index contributed by atoms with van der Waals surface area (Å²) in [6.45, 7) is 5.28. The van der Waals surface area contributed by atoms with Crippen molar-refractivity contribution in [3.05, 3.63) is 12.2 Å². The fourth-order valence-corrected chi connectivity index (χ4v) is 1.70. The zero-order chi connectivity index (χ0) is 10.7. The highest BCUT2D eigenvalue weighted by Gasteiger charge is 2.25. The first kappa shape index (κ1) is 11.0. The Morgan fingerprint density at radius 1 is 1.50 bits per heavy atom. The van der Waals surface area contributed by atoms with E-state index in [9.17, 15) is 9.59 Å². The molecule has 1 aliphatic rings. The quantitative estimate of drug-likeness (QED) is 0.600. The maximum Gasteiger partial charge on any atom is 0.303 e. The number of rotatable bonds is 1. The summed E-state index contributed by atoms with van der Waals surface area (Å²) in [7, 11) is 0. The number of carbonyl (C=O) groups is 2. The van der Waals surface area contributed by atoms with Gasteiger partial charge in [-0.05, 0) is 24.5 Å². The first-order valence-electron chi connectivity index (χ1n) is 4.90. The summed E-state index contributed by atoms with van der Waals surface area (Å²) in [6, 6.07) is 0. The third kappa shape index (κ3) is 2.69. The summed E-state index contributed by atoms with van der Waals surface area (Å²) < 4.78 is 5.10. The Bertz CT molecular complexity index is 268. The smallest absolute Gasteiger partial charge is 0.303 e. The summed E-state index contributed by atoms with van der Waals surface area (Å²) in [4.78, 5) is 22.2. The zero-order valence-corrected chi connectivity index (χ0v) is 8.82. The van der Waals surface area contributed by atoms with Crippen LogP contribution in [0.4, 0.5) is 0 Å². The number of esters is 1. The minimum absolute atomic E-state index is 0.0295. The van der Waals surface area contributed by atoms with Crippen LogP contribution in [0.15, 0.2) is 12.2 Å². The summed E-state index contributed by atoms with van der Waals surface area (Å²) >= 11 is 0. The Balaban J connectivity index is 2.72. The van der Waals surface area contributed by atoms with Crippen LogP contribution in [0, 0.1) is 11.8 Å². The maximum atomic E-state index is 11.4. The molecule has 3 nitrogen and oxygen atoms in total. The number of carbonyl (C=O) groups excluding carboxylic acids is 2. The zero-order valence-electron chi connectivity index (χ0n) is 8.82. The van der Waals surface area contributed by atoms with Gasteiger partial charge >= 0.3 is 5.97 Å². The molecule has 0 spiro atoms.